The third kappa shape index (κ3) is 28.5. The van der Waals surface area contributed by atoms with Crippen LogP contribution in [-0.2, 0) is 125 Å². The van der Waals surface area contributed by atoms with Gasteiger partial charge in [-0.1, -0.05) is 61.1 Å². The molecule has 102 heavy (non-hydrogen) atoms. The predicted octanol–water partition coefficient (Wildman–Crippen LogP) is 1.13. The van der Waals surface area contributed by atoms with Crippen LogP contribution >= 0.6 is 0 Å². The number of phenolic OH excluding ortho intramolecular Hbond substituents is 6. The highest BCUT2D eigenvalue weighted by Crippen LogP contribution is 2.28. The van der Waals surface area contributed by atoms with Gasteiger partial charge in [0.25, 0.3) is 47.3 Å². The van der Waals surface area contributed by atoms with Gasteiger partial charge < -0.3 is 80.6 Å². The van der Waals surface area contributed by atoms with E-state index in [1.807, 2.05) is 13.8 Å². The number of aliphatic hydroxyl groups is 1. The molecule has 11 N–H and O–H groups in total. The van der Waals surface area contributed by atoms with Crippen molar-refractivity contribution in [3.05, 3.63) is 71.3 Å². The standard InChI is InChI=1S/C26H32N2O11.C14H16N2O9.C10H13NO4.C9H8N2O7.C4H10O/c1-14(8-23(33)27-17(24(34)37-2)9-15-4-6-19(29)21(31)11-15)13-39-26(36)28-18(25(35)38-3)10-16-5-7-20(30)22(32)12-16;1-8(6-13(21)24-15-9(17)2-3-10(15)18)7-23-14(22)25-16-11(19)4-5-12(16)20;1-15-10(14)7(11)4-6-2-3-8(12)9(13)5-6;12-5-1-2-6(13)10(5)17-9(16)18-11-7(14)3-4-8(11)15;1-4(2)3-5/h4-7,11-12,14,17-18,29-32H,8-10,13H2,1-3H3,(H,27,33)(H,28,36);8H,2-7H2,1H3;2-3,5,7,12-13H,4,11H2,1H3;1-4H2;4-5H,3H2,1-2H3. The third-order valence-electron chi connectivity index (χ3n) is 13.7. The molecule has 5 atom stereocenters. The smallest absolute Gasteiger partial charge is 0.504 e. The maximum Gasteiger partial charge on any atom is 0.560 e. The van der Waals surface area contributed by atoms with Gasteiger partial charge in [-0.15, -0.1) is 5.06 Å². The van der Waals surface area contributed by atoms with Gasteiger partial charge in [-0.25, -0.2) is 24.0 Å². The summed E-state index contributed by atoms with van der Waals surface area (Å²) in [4.78, 5) is 202. The highest BCUT2D eigenvalue weighted by Gasteiger charge is 2.39. The Labute approximate surface area is 579 Å². The third-order valence-corrected chi connectivity index (χ3v) is 13.7. The molecule has 558 valence electrons. The monoisotopic (exact) mass is 1450 g/mol. The minimum atomic E-state index is -1.48. The Morgan fingerprint density at radius 3 is 1.09 bits per heavy atom. The molecule has 4 saturated heterocycles. The molecule has 3 aromatic rings. The van der Waals surface area contributed by atoms with Crippen molar-refractivity contribution in [2.24, 2.45) is 23.5 Å². The number of esters is 3. The van der Waals surface area contributed by atoms with Gasteiger partial charge in [0.05, 0.1) is 41.0 Å². The molecule has 4 aliphatic rings. The number of carbonyl (C=O) groups is 16. The molecule has 0 saturated carbocycles. The van der Waals surface area contributed by atoms with Crippen molar-refractivity contribution in [2.75, 3.05) is 41.2 Å². The van der Waals surface area contributed by atoms with Crippen LogP contribution in [0.25, 0.3) is 0 Å². The first kappa shape index (κ1) is 84.3. The van der Waals surface area contributed by atoms with Crippen molar-refractivity contribution in [3.63, 3.8) is 0 Å². The number of carbonyl (C=O) groups excluding carboxylic acids is 16. The van der Waals surface area contributed by atoms with Crippen LogP contribution < -0.4 is 16.4 Å². The Bertz CT molecular complexity index is 3460. The van der Waals surface area contributed by atoms with E-state index in [0.29, 0.717) is 39.3 Å². The molecule has 39 nitrogen and oxygen atoms in total. The number of rotatable bonds is 24. The van der Waals surface area contributed by atoms with Crippen molar-refractivity contribution in [2.45, 2.75) is 129 Å². The van der Waals surface area contributed by atoms with E-state index in [9.17, 15) is 102 Å². The second kappa shape index (κ2) is 41.5. The number of imide groups is 4. The van der Waals surface area contributed by atoms with Gasteiger partial charge in [0.15, 0.2) is 34.5 Å². The summed E-state index contributed by atoms with van der Waals surface area (Å²) < 4.78 is 23.7. The van der Waals surface area contributed by atoms with Crippen LogP contribution in [-0.4, -0.2) is 211 Å². The molecule has 0 bridgehead atoms. The first-order chi connectivity index (χ1) is 48.0. The number of hydroxylamine groups is 8. The number of ether oxygens (including phenoxy) is 5. The number of benzene rings is 3. The summed E-state index contributed by atoms with van der Waals surface area (Å²) in [5.74, 6) is -11.0. The van der Waals surface area contributed by atoms with Gasteiger partial charge in [0.2, 0.25) is 5.91 Å². The van der Waals surface area contributed by atoms with Gasteiger partial charge in [-0.05, 0) is 71.3 Å². The summed E-state index contributed by atoms with van der Waals surface area (Å²) in [7, 11) is 3.57. The fraction of sp³-hybridized carbons (Fsp3) is 0.460. The molecular formula is C63H79N7O32. The number of hydrogen-bond donors (Lipinski definition) is 10. The van der Waals surface area contributed by atoms with E-state index in [2.05, 4.69) is 34.7 Å². The molecule has 0 spiro atoms. The number of nitrogens with two attached hydrogens (primary N) is 1. The molecule has 4 heterocycles. The van der Waals surface area contributed by atoms with Gasteiger partial charge in [0, 0.05) is 83.2 Å². The van der Waals surface area contributed by atoms with Gasteiger partial charge in [0.1, 0.15) is 18.1 Å². The lowest BCUT2D eigenvalue weighted by Gasteiger charge is -2.19. The van der Waals surface area contributed by atoms with Gasteiger partial charge >= 0.3 is 42.3 Å². The number of aromatic hydroxyl groups is 6. The number of alkyl carbamates (subject to hydrolysis) is 1. The van der Waals surface area contributed by atoms with E-state index in [1.165, 1.54) is 55.6 Å². The van der Waals surface area contributed by atoms with Crippen molar-refractivity contribution < 1.29 is 155 Å². The van der Waals surface area contributed by atoms with Crippen LogP contribution in [0.1, 0.15) is 109 Å². The largest absolute Gasteiger partial charge is 0.560 e. The number of amides is 10. The molecule has 5 unspecified atom stereocenters. The molecule has 7 rings (SSSR count). The molecule has 0 aromatic heterocycles. The molecule has 0 radical (unpaired) electrons. The maximum atomic E-state index is 12.5. The summed E-state index contributed by atoms with van der Waals surface area (Å²) in [6.07, 6.45) is -4.19. The van der Waals surface area contributed by atoms with Crippen molar-refractivity contribution in [1.82, 2.24) is 30.9 Å². The Morgan fingerprint density at radius 2 is 0.745 bits per heavy atom. The summed E-state index contributed by atoms with van der Waals surface area (Å²) in [6.45, 7) is 6.98. The quantitative estimate of drug-likeness (QED) is 0.0260. The number of phenols is 6. The number of nitrogens with zero attached hydrogens (tertiary/aromatic N) is 4. The molecular weight excluding hydrogens is 1370 g/mol. The SMILES string of the molecule is CC(C)CO.CC(COC(=O)ON1C(=O)CCC1=O)CC(=O)ON1C(=O)CCC1=O.COC(=O)C(Cc1ccc(O)c(O)c1)NC(=O)CC(C)COC(=O)NC(Cc1ccc(O)c(O)c1)C(=O)OC.COC(=O)C(N)Cc1ccc(O)c(O)c1.O=C(ON1C(=O)CCC1=O)ON1C(=O)CCC1=O. The van der Waals surface area contributed by atoms with Gasteiger partial charge in [-0.3, -0.25) is 62.5 Å². The lowest BCUT2D eigenvalue weighted by Crippen LogP contribution is -2.44. The fourth-order valence-electron chi connectivity index (χ4n) is 8.34. The zero-order valence-electron chi connectivity index (χ0n) is 56.2. The fourth-order valence-corrected chi connectivity index (χ4v) is 8.34. The zero-order valence-corrected chi connectivity index (χ0v) is 56.2. The Hall–Kier alpha value is -11.9. The Kier molecular flexibility index (Phi) is 34.3. The highest BCUT2D eigenvalue weighted by atomic mass is 16.9. The number of hydrogen-bond acceptors (Lipinski definition) is 33. The Balaban J connectivity index is 0.000000367. The van der Waals surface area contributed by atoms with E-state index < -0.39 is 125 Å². The first-order valence-electron chi connectivity index (χ1n) is 30.7. The summed E-state index contributed by atoms with van der Waals surface area (Å²) in [5.41, 5.74) is 7.09. The summed E-state index contributed by atoms with van der Waals surface area (Å²) in [6, 6.07) is 9.25. The average molecular weight is 1450 g/mol. The second-order valence-corrected chi connectivity index (χ2v) is 22.7. The normalized spacial score (nSPS) is 15.2. The van der Waals surface area contributed by atoms with Crippen molar-refractivity contribution in [3.8, 4) is 34.5 Å². The van der Waals surface area contributed by atoms with Crippen molar-refractivity contribution >= 4 is 95.4 Å². The van der Waals surface area contributed by atoms with Crippen LogP contribution in [0.5, 0.6) is 34.5 Å². The maximum absolute atomic E-state index is 12.5. The molecule has 4 fully saturated rings. The highest BCUT2D eigenvalue weighted by molar-refractivity contribution is 6.04. The summed E-state index contributed by atoms with van der Waals surface area (Å²) >= 11 is 0. The van der Waals surface area contributed by atoms with Crippen LogP contribution in [0.2, 0.25) is 0 Å². The molecule has 39 heteroatoms. The first-order valence-corrected chi connectivity index (χ1v) is 30.7. The number of nitrogens with one attached hydrogen (secondary N) is 2. The van der Waals surface area contributed by atoms with Gasteiger partial charge in [-0.2, -0.15) is 4.79 Å². The lowest BCUT2D eigenvalue weighted by molar-refractivity contribution is -0.198. The van der Waals surface area contributed by atoms with Crippen molar-refractivity contribution in [1.29, 1.82) is 0 Å². The zero-order chi connectivity index (χ0) is 76.7. The van der Waals surface area contributed by atoms with Crippen LogP contribution in [0.15, 0.2) is 54.6 Å². The molecule has 3 aromatic carbocycles. The average Bonchev–Trinajstić information content (AvgIpc) is 1.22. The van der Waals surface area contributed by atoms with E-state index in [4.69, 9.17) is 34.9 Å². The minimum Gasteiger partial charge on any atom is -0.504 e. The lowest BCUT2D eigenvalue weighted by atomic mass is 10.0. The number of aliphatic hydroxyl groups excluding tert-OH is 1. The van der Waals surface area contributed by atoms with Crippen LogP contribution in [0.4, 0.5) is 14.4 Å². The second-order valence-electron chi connectivity index (χ2n) is 22.7. The van der Waals surface area contributed by atoms with E-state index in [0.717, 1.165) is 14.2 Å². The molecule has 0 aliphatic carbocycles. The molecule has 4 aliphatic heterocycles. The van der Waals surface area contributed by atoms with E-state index in [1.54, 1.807) is 19.9 Å². The minimum absolute atomic E-state index is 0.00668. The Morgan fingerprint density at radius 1 is 0.431 bits per heavy atom. The van der Waals surface area contributed by atoms with Crippen LogP contribution in [0, 0.1) is 17.8 Å². The topological polar surface area (TPSA) is 561 Å². The molecule has 10 amide bonds. The number of methoxy groups -OCH3 is 3. The van der Waals surface area contributed by atoms with E-state index in [-0.39, 0.29) is 141 Å². The van der Waals surface area contributed by atoms with E-state index >= 15 is 0 Å². The van der Waals surface area contributed by atoms with Crippen LogP contribution in [0.3, 0.4) is 0 Å². The predicted molar refractivity (Wildman–Crippen MR) is 335 cm³/mol. The summed E-state index contributed by atoms with van der Waals surface area (Å²) in [5, 5.41) is 70.8.